The van der Waals surface area contributed by atoms with Crippen LogP contribution in [-0.4, -0.2) is 53.1 Å². The molecule has 0 unspecified atom stereocenters. The first-order chi connectivity index (χ1) is 13.3. The number of hydrogen-bond acceptors (Lipinski definition) is 5. The molecule has 0 bridgehead atoms. The fraction of sp³-hybridized carbons (Fsp3) is 1.00. The van der Waals surface area contributed by atoms with Gasteiger partial charge in [-0.25, -0.2) is 0 Å². The molecule has 6 fully saturated rings. The van der Waals surface area contributed by atoms with E-state index in [1.807, 2.05) is 0 Å². The van der Waals surface area contributed by atoms with Crippen LogP contribution < -0.4 is 0 Å². The molecule has 0 aromatic carbocycles. The SMILES string of the molecule is CC1([C@@]23O[C@@H]2C[C@H]2[C@@H]4CC[C@@H]5C[C@H](O)CC[C@]5(C)[C@H]4[C@@H](O)C[C@@]23C)OCCO1. The van der Waals surface area contributed by atoms with Gasteiger partial charge in [-0.15, -0.1) is 0 Å². The van der Waals surface area contributed by atoms with Crippen molar-refractivity contribution in [2.24, 2.45) is 34.5 Å². The summed E-state index contributed by atoms with van der Waals surface area (Å²) in [5, 5.41) is 21.8. The van der Waals surface area contributed by atoms with Gasteiger partial charge >= 0.3 is 0 Å². The van der Waals surface area contributed by atoms with Crippen molar-refractivity contribution in [3.63, 3.8) is 0 Å². The van der Waals surface area contributed by atoms with E-state index in [9.17, 15) is 10.2 Å². The summed E-state index contributed by atoms with van der Waals surface area (Å²) in [6.07, 6.45) is 6.84. The number of aliphatic hydroxyl groups excluding tert-OH is 2. The predicted octanol–water partition coefficient (Wildman–Crippen LogP) is 2.87. The Morgan fingerprint density at radius 3 is 2.43 bits per heavy atom. The van der Waals surface area contributed by atoms with Crippen molar-refractivity contribution >= 4 is 0 Å². The Bertz CT molecular complexity index is 676. The van der Waals surface area contributed by atoms with Gasteiger partial charge in [0.15, 0.2) is 11.4 Å². The molecule has 6 aliphatic rings. The Hall–Kier alpha value is -0.200. The molecular weight excluding hydrogens is 356 g/mol. The van der Waals surface area contributed by atoms with E-state index >= 15 is 0 Å². The lowest BCUT2D eigenvalue weighted by Gasteiger charge is -2.63. The van der Waals surface area contributed by atoms with Gasteiger partial charge in [-0.05, 0) is 81.0 Å². The molecular formula is C23H36O5. The number of aliphatic hydroxyl groups is 2. The fourth-order valence-electron chi connectivity index (χ4n) is 9.35. The van der Waals surface area contributed by atoms with E-state index in [0.29, 0.717) is 36.9 Å². The third-order valence-corrected chi connectivity index (χ3v) is 10.5. The average molecular weight is 393 g/mol. The molecule has 158 valence electrons. The molecule has 2 aliphatic heterocycles. The average Bonchev–Trinajstić information content (AvgIpc) is 3.14. The Morgan fingerprint density at radius 2 is 1.68 bits per heavy atom. The van der Waals surface area contributed by atoms with Gasteiger partial charge in [0.1, 0.15) is 0 Å². The molecule has 5 heteroatoms. The summed E-state index contributed by atoms with van der Waals surface area (Å²) in [6.45, 7) is 8.09. The van der Waals surface area contributed by atoms with Gasteiger partial charge < -0.3 is 24.4 Å². The van der Waals surface area contributed by atoms with Crippen LogP contribution in [0.2, 0.25) is 0 Å². The maximum atomic E-state index is 11.6. The van der Waals surface area contributed by atoms with Crippen molar-refractivity contribution in [2.75, 3.05) is 13.2 Å². The lowest BCUT2D eigenvalue weighted by Crippen LogP contribution is -2.63. The van der Waals surface area contributed by atoms with E-state index in [-0.39, 0.29) is 29.1 Å². The first kappa shape index (κ1) is 18.6. The second-order valence-corrected chi connectivity index (χ2v) is 11.4. The molecule has 4 aliphatic carbocycles. The molecule has 2 N–H and O–H groups in total. The summed E-state index contributed by atoms with van der Waals surface area (Å²) in [6, 6.07) is 0. The van der Waals surface area contributed by atoms with Crippen LogP contribution in [0.4, 0.5) is 0 Å². The molecule has 0 radical (unpaired) electrons. The van der Waals surface area contributed by atoms with Crippen LogP contribution in [0.1, 0.15) is 65.7 Å². The van der Waals surface area contributed by atoms with E-state index in [1.54, 1.807) is 0 Å². The minimum atomic E-state index is -0.677. The van der Waals surface area contributed by atoms with E-state index in [0.717, 1.165) is 32.1 Å². The molecule has 2 saturated heterocycles. The van der Waals surface area contributed by atoms with Crippen LogP contribution in [0.3, 0.4) is 0 Å². The molecule has 2 heterocycles. The predicted molar refractivity (Wildman–Crippen MR) is 102 cm³/mol. The second-order valence-electron chi connectivity index (χ2n) is 11.4. The van der Waals surface area contributed by atoms with E-state index in [1.165, 1.54) is 12.8 Å². The maximum Gasteiger partial charge on any atom is 0.198 e. The molecule has 4 saturated carbocycles. The molecule has 0 spiro atoms. The molecule has 5 nitrogen and oxygen atoms in total. The van der Waals surface area contributed by atoms with Crippen LogP contribution in [0, 0.1) is 34.5 Å². The van der Waals surface area contributed by atoms with Crippen molar-refractivity contribution in [1.29, 1.82) is 0 Å². The van der Waals surface area contributed by atoms with Crippen LogP contribution in [0.15, 0.2) is 0 Å². The zero-order valence-corrected chi connectivity index (χ0v) is 17.5. The minimum Gasteiger partial charge on any atom is -0.393 e. The first-order valence-corrected chi connectivity index (χ1v) is 11.6. The summed E-state index contributed by atoms with van der Waals surface area (Å²) in [4.78, 5) is 0. The van der Waals surface area contributed by atoms with Crippen LogP contribution in [0.5, 0.6) is 0 Å². The van der Waals surface area contributed by atoms with Gasteiger partial charge in [0.2, 0.25) is 0 Å². The summed E-state index contributed by atoms with van der Waals surface area (Å²) in [7, 11) is 0. The van der Waals surface area contributed by atoms with Gasteiger partial charge in [0.25, 0.3) is 0 Å². The molecule has 6 rings (SSSR count). The second kappa shape index (κ2) is 5.53. The first-order valence-electron chi connectivity index (χ1n) is 11.6. The topological polar surface area (TPSA) is 71.5 Å². The zero-order valence-electron chi connectivity index (χ0n) is 17.5. The van der Waals surface area contributed by atoms with Crippen LogP contribution in [0.25, 0.3) is 0 Å². The van der Waals surface area contributed by atoms with Gasteiger partial charge in [-0.2, -0.15) is 0 Å². The largest absolute Gasteiger partial charge is 0.393 e. The standard InChI is InChI=1S/C23H36O5/c1-20-7-6-14(24)10-13(20)4-5-15-16-11-18-23(28-18,22(3)26-8-9-27-22)21(16,2)12-17(25)19(15)20/h13-19,24-25H,4-12H2,1-3H3/t13-,14-,15+,16+,17+,18-,19-,20+,21+,23-/m1/s1. The third-order valence-electron chi connectivity index (χ3n) is 10.5. The van der Waals surface area contributed by atoms with Gasteiger partial charge in [-0.1, -0.05) is 13.8 Å². The zero-order chi connectivity index (χ0) is 19.5. The molecule has 0 amide bonds. The van der Waals surface area contributed by atoms with E-state index in [4.69, 9.17) is 14.2 Å². The Balaban J connectivity index is 1.36. The molecule has 0 aromatic heterocycles. The number of hydrogen-bond donors (Lipinski definition) is 2. The molecule has 28 heavy (non-hydrogen) atoms. The summed E-state index contributed by atoms with van der Waals surface area (Å²) in [5.41, 5.74) is -0.337. The molecule has 10 atom stereocenters. The number of epoxide rings is 1. The quantitative estimate of drug-likeness (QED) is 0.672. The summed E-state index contributed by atoms with van der Waals surface area (Å²) >= 11 is 0. The lowest BCUT2D eigenvalue weighted by atomic mass is 9.43. The number of ether oxygens (including phenoxy) is 3. The highest BCUT2D eigenvalue weighted by Gasteiger charge is 2.85. The normalized spacial score (nSPS) is 61.8. The fourth-order valence-corrected chi connectivity index (χ4v) is 9.35. The number of rotatable bonds is 1. The molecule has 0 aromatic rings. The van der Waals surface area contributed by atoms with Crippen LogP contribution in [-0.2, 0) is 14.2 Å². The monoisotopic (exact) mass is 392 g/mol. The van der Waals surface area contributed by atoms with Crippen molar-refractivity contribution in [1.82, 2.24) is 0 Å². The maximum absolute atomic E-state index is 11.6. The van der Waals surface area contributed by atoms with Gasteiger partial charge in [-0.3, -0.25) is 0 Å². The summed E-state index contributed by atoms with van der Waals surface area (Å²) in [5.74, 6) is 1.34. The van der Waals surface area contributed by atoms with Crippen molar-refractivity contribution < 1.29 is 24.4 Å². The Kier molecular flexibility index (Phi) is 3.67. The van der Waals surface area contributed by atoms with E-state index < -0.39 is 11.4 Å². The third kappa shape index (κ3) is 1.97. The minimum absolute atomic E-state index is 0.102. The highest BCUT2D eigenvalue weighted by atomic mass is 16.8. The van der Waals surface area contributed by atoms with Crippen LogP contribution >= 0.6 is 0 Å². The number of fused-ring (bicyclic) bond motifs is 7. The summed E-state index contributed by atoms with van der Waals surface area (Å²) < 4.78 is 18.6. The van der Waals surface area contributed by atoms with Crippen molar-refractivity contribution in [3.05, 3.63) is 0 Å². The lowest BCUT2D eigenvalue weighted by molar-refractivity contribution is -0.252. The van der Waals surface area contributed by atoms with E-state index in [2.05, 4.69) is 20.8 Å². The Morgan fingerprint density at radius 1 is 0.929 bits per heavy atom. The highest BCUT2D eigenvalue weighted by Crippen LogP contribution is 2.76. The van der Waals surface area contributed by atoms with Crippen molar-refractivity contribution in [3.8, 4) is 0 Å². The highest BCUT2D eigenvalue weighted by molar-refractivity contribution is 5.30. The van der Waals surface area contributed by atoms with Crippen molar-refractivity contribution in [2.45, 2.75) is 95.4 Å². The van der Waals surface area contributed by atoms with Gasteiger partial charge in [0, 0.05) is 5.41 Å². The smallest absolute Gasteiger partial charge is 0.198 e. The van der Waals surface area contributed by atoms with Gasteiger partial charge in [0.05, 0.1) is 31.5 Å². The Labute approximate surface area is 168 Å².